The Labute approximate surface area is 145 Å². The Kier molecular flexibility index (Phi) is 3.25. The lowest BCUT2D eigenvalue weighted by atomic mass is 9.70. The van der Waals surface area contributed by atoms with Gasteiger partial charge >= 0.3 is 0 Å². The molecule has 2 heteroatoms. The summed E-state index contributed by atoms with van der Waals surface area (Å²) in [5.41, 5.74) is 8.62. The van der Waals surface area contributed by atoms with Crippen LogP contribution in [-0.2, 0) is 17.4 Å². The van der Waals surface area contributed by atoms with Crippen LogP contribution in [0.4, 0.5) is 11.4 Å². The van der Waals surface area contributed by atoms with Gasteiger partial charge in [-0.2, -0.15) is 0 Å². The van der Waals surface area contributed by atoms with Crippen LogP contribution in [0.5, 0.6) is 0 Å². The lowest BCUT2D eigenvalue weighted by Crippen LogP contribution is -2.42. The second-order valence-corrected chi connectivity index (χ2v) is 7.77. The number of hydrogen-bond donors (Lipinski definition) is 1. The van der Waals surface area contributed by atoms with E-state index in [4.69, 9.17) is 0 Å². The first-order chi connectivity index (χ1) is 11.4. The average Bonchev–Trinajstić information content (AvgIpc) is 2.92. The van der Waals surface area contributed by atoms with Gasteiger partial charge in [0.05, 0.1) is 5.54 Å². The van der Waals surface area contributed by atoms with E-state index < -0.39 is 0 Å². The van der Waals surface area contributed by atoms with E-state index in [1.54, 1.807) is 0 Å². The molecule has 1 heterocycles. The summed E-state index contributed by atoms with van der Waals surface area (Å²) < 4.78 is 0. The van der Waals surface area contributed by atoms with Crippen molar-refractivity contribution in [3.8, 4) is 0 Å². The molecular weight excluding hydrogens is 292 g/mol. The van der Waals surface area contributed by atoms with Crippen LogP contribution in [-0.4, -0.2) is 13.1 Å². The molecule has 126 valence electrons. The maximum absolute atomic E-state index is 3.92. The molecule has 2 atom stereocenters. The van der Waals surface area contributed by atoms with Crippen LogP contribution in [0.1, 0.15) is 49.9 Å². The summed E-state index contributed by atoms with van der Waals surface area (Å²) in [7, 11) is 0. The molecule has 0 fully saturated rings. The minimum Gasteiger partial charge on any atom is -0.374 e. The van der Waals surface area contributed by atoms with Gasteiger partial charge in [0.2, 0.25) is 0 Å². The van der Waals surface area contributed by atoms with Crippen molar-refractivity contribution < 1.29 is 0 Å². The van der Waals surface area contributed by atoms with Crippen LogP contribution in [0, 0.1) is 6.92 Å². The molecule has 1 aliphatic carbocycles. The number of benzene rings is 2. The van der Waals surface area contributed by atoms with Gasteiger partial charge < -0.3 is 10.2 Å². The number of anilines is 2. The molecule has 24 heavy (non-hydrogen) atoms. The van der Waals surface area contributed by atoms with Gasteiger partial charge in [-0.15, -0.1) is 0 Å². The van der Waals surface area contributed by atoms with Crippen molar-refractivity contribution >= 4 is 11.4 Å². The quantitative estimate of drug-likeness (QED) is 0.856. The molecule has 2 aromatic rings. The SMILES string of the molecule is CCN(CC)c1cc(C)c2c(c1)[C@@]1(C)Cc3ccccc3[C@@]1(C)N2. The molecule has 0 aromatic heterocycles. The fraction of sp³-hybridized carbons (Fsp3) is 0.455. The monoisotopic (exact) mass is 320 g/mol. The number of rotatable bonds is 3. The van der Waals surface area contributed by atoms with Gasteiger partial charge in [-0.05, 0) is 68.5 Å². The van der Waals surface area contributed by atoms with Crippen molar-refractivity contribution in [1.29, 1.82) is 0 Å². The van der Waals surface area contributed by atoms with Gasteiger partial charge in [0, 0.05) is 29.9 Å². The van der Waals surface area contributed by atoms with Crippen LogP contribution < -0.4 is 10.2 Å². The van der Waals surface area contributed by atoms with Crippen LogP contribution in [0.15, 0.2) is 36.4 Å². The predicted molar refractivity (Wildman–Crippen MR) is 103 cm³/mol. The number of nitrogens with zero attached hydrogens (tertiary/aromatic N) is 1. The summed E-state index contributed by atoms with van der Waals surface area (Å²) in [6, 6.07) is 13.7. The van der Waals surface area contributed by atoms with Gasteiger partial charge in [-0.1, -0.05) is 31.2 Å². The standard InChI is InChI=1S/C22H28N2/c1-6-24(7-2)17-12-15(3)20-19(13-17)21(4)14-16-10-8-9-11-18(16)22(21,5)23-20/h8-13,23H,6-7,14H2,1-5H3/t21-,22-/m1/s1. The number of hydrogen-bond acceptors (Lipinski definition) is 2. The Bertz CT molecular complexity index is 806. The van der Waals surface area contributed by atoms with E-state index in [0.717, 1.165) is 19.5 Å². The molecule has 1 aliphatic heterocycles. The first kappa shape index (κ1) is 15.6. The van der Waals surface area contributed by atoms with Crippen molar-refractivity contribution in [1.82, 2.24) is 0 Å². The highest BCUT2D eigenvalue weighted by atomic mass is 15.1. The molecular formula is C22H28N2. The maximum atomic E-state index is 3.92. The van der Waals surface area contributed by atoms with Crippen LogP contribution >= 0.6 is 0 Å². The summed E-state index contributed by atoms with van der Waals surface area (Å²) >= 11 is 0. The third kappa shape index (κ3) is 1.77. The molecule has 0 unspecified atom stereocenters. The van der Waals surface area contributed by atoms with Crippen LogP contribution in [0.25, 0.3) is 0 Å². The average molecular weight is 320 g/mol. The zero-order chi connectivity index (χ0) is 17.1. The van der Waals surface area contributed by atoms with Gasteiger partial charge in [0.15, 0.2) is 0 Å². The highest BCUT2D eigenvalue weighted by Gasteiger charge is 2.58. The summed E-state index contributed by atoms with van der Waals surface area (Å²) in [5, 5.41) is 3.92. The second kappa shape index (κ2) is 5.02. The van der Waals surface area contributed by atoms with E-state index in [-0.39, 0.29) is 11.0 Å². The maximum Gasteiger partial charge on any atom is 0.0697 e. The van der Waals surface area contributed by atoms with Crippen molar-refractivity contribution in [2.24, 2.45) is 0 Å². The van der Waals surface area contributed by atoms with Gasteiger partial charge in [0.25, 0.3) is 0 Å². The fourth-order valence-electron chi connectivity index (χ4n) is 4.98. The zero-order valence-electron chi connectivity index (χ0n) is 15.5. The summed E-state index contributed by atoms with van der Waals surface area (Å²) in [6.07, 6.45) is 1.11. The van der Waals surface area contributed by atoms with Crippen LogP contribution in [0.2, 0.25) is 0 Å². The highest BCUT2D eigenvalue weighted by Crippen LogP contribution is 2.60. The molecule has 0 saturated carbocycles. The molecule has 4 rings (SSSR count). The van der Waals surface area contributed by atoms with E-state index in [0.29, 0.717) is 0 Å². The Morgan fingerprint density at radius 1 is 1.04 bits per heavy atom. The van der Waals surface area contributed by atoms with Crippen LogP contribution in [0.3, 0.4) is 0 Å². The summed E-state index contributed by atoms with van der Waals surface area (Å²) in [4.78, 5) is 2.45. The molecule has 1 N–H and O–H groups in total. The van der Waals surface area contributed by atoms with E-state index in [9.17, 15) is 0 Å². The largest absolute Gasteiger partial charge is 0.374 e. The summed E-state index contributed by atoms with van der Waals surface area (Å²) in [6.45, 7) is 13.7. The van der Waals surface area contributed by atoms with Crippen molar-refractivity contribution in [2.75, 3.05) is 23.3 Å². The Morgan fingerprint density at radius 2 is 1.75 bits per heavy atom. The minimum absolute atomic E-state index is 0.0153. The summed E-state index contributed by atoms with van der Waals surface area (Å²) in [5.74, 6) is 0. The Balaban J connectivity index is 1.90. The van der Waals surface area contributed by atoms with E-state index in [1.807, 2.05) is 0 Å². The lowest BCUT2D eigenvalue weighted by Gasteiger charge is -2.36. The van der Waals surface area contributed by atoms with Gasteiger partial charge in [-0.25, -0.2) is 0 Å². The first-order valence-corrected chi connectivity index (χ1v) is 9.21. The molecule has 0 spiro atoms. The predicted octanol–water partition coefficient (Wildman–Crippen LogP) is 5.00. The number of fused-ring (bicyclic) bond motifs is 5. The minimum atomic E-state index is -0.0153. The van der Waals surface area contributed by atoms with Crippen molar-refractivity contribution in [3.63, 3.8) is 0 Å². The molecule has 0 amide bonds. The second-order valence-electron chi connectivity index (χ2n) is 7.77. The highest BCUT2D eigenvalue weighted by molar-refractivity contribution is 5.76. The van der Waals surface area contributed by atoms with Gasteiger partial charge in [-0.3, -0.25) is 0 Å². The Morgan fingerprint density at radius 3 is 2.46 bits per heavy atom. The first-order valence-electron chi connectivity index (χ1n) is 9.21. The molecule has 2 nitrogen and oxygen atoms in total. The van der Waals surface area contributed by atoms with E-state index in [2.05, 4.69) is 81.2 Å². The smallest absolute Gasteiger partial charge is 0.0697 e. The number of nitrogens with one attached hydrogen (secondary N) is 1. The Hall–Kier alpha value is -1.96. The third-order valence-corrected chi connectivity index (χ3v) is 6.62. The number of aryl methyl sites for hydroxylation is 1. The molecule has 0 bridgehead atoms. The third-order valence-electron chi connectivity index (χ3n) is 6.62. The van der Waals surface area contributed by atoms with Crippen molar-refractivity contribution in [3.05, 3.63) is 58.7 Å². The van der Waals surface area contributed by atoms with Gasteiger partial charge in [0.1, 0.15) is 0 Å². The lowest BCUT2D eigenvalue weighted by molar-refractivity contribution is 0.341. The topological polar surface area (TPSA) is 15.3 Å². The van der Waals surface area contributed by atoms with Crippen molar-refractivity contribution in [2.45, 2.75) is 52.0 Å². The van der Waals surface area contributed by atoms with E-state index in [1.165, 1.54) is 33.6 Å². The molecule has 0 radical (unpaired) electrons. The fourth-order valence-corrected chi connectivity index (χ4v) is 4.98. The molecule has 0 saturated heterocycles. The molecule has 2 aliphatic rings. The zero-order valence-corrected chi connectivity index (χ0v) is 15.5. The normalized spacial score (nSPS) is 26.5. The van der Waals surface area contributed by atoms with E-state index >= 15 is 0 Å². The molecule has 2 aromatic carbocycles.